The number of halogens is 1. The Bertz CT molecular complexity index is 302. The third kappa shape index (κ3) is 3.86. The van der Waals surface area contributed by atoms with Crippen molar-refractivity contribution in [1.29, 1.82) is 0 Å². The van der Waals surface area contributed by atoms with E-state index in [1.165, 1.54) is 27.1 Å². The van der Waals surface area contributed by atoms with Crippen molar-refractivity contribution in [3.8, 4) is 0 Å². The summed E-state index contributed by atoms with van der Waals surface area (Å²) in [5.41, 5.74) is 1.35. The van der Waals surface area contributed by atoms with Gasteiger partial charge in [-0.3, -0.25) is 0 Å². The summed E-state index contributed by atoms with van der Waals surface area (Å²) in [6, 6.07) is 2.83. The van der Waals surface area contributed by atoms with Crippen molar-refractivity contribution in [3.05, 3.63) is 20.3 Å². The Labute approximate surface area is 112 Å². The molecule has 0 spiro atoms. The minimum Gasteiger partial charge on any atom is -0.310 e. The SMILES string of the molecule is CCNC(CC(C)CC)c1cc(C)c(Br)s1. The highest BCUT2D eigenvalue weighted by molar-refractivity contribution is 9.11. The van der Waals surface area contributed by atoms with Gasteiger partial charge >= 0.3 is 0 Å². The van der Waals surface area contributed by atoms with Crippen molar-refractivity contribution in [2.45, 2.75) is 46.6 Å². The molecule has 0 saturated carbocycles. The average molecular weight is 304 g/mol. The fourth-order valence-electron chi connectivity index (χ4n) is 1.77. The van der Waals surface area contributed by atoms with E-state index in [2.05, 4.69) is 55.0 Å². The molecule has 0 fully saturated rings. The maximum absolute atomic E-state index is 3.61. The minimum atomic E-state index is 0.523. The summed E-state index contributed by atoms with van der Waals surface area (Å²) in [5.74, 6) is 0.783. The molecule has 0 radical (unpaired) electrons. The predicted octanol–water partition coefficient (Wildman–Crippen LogP) is 4.91. The summed E-state index contributed by atoms with van der Waals surface area (Å²) < 4.78 is 1.27. The quantitative estimate of drug-likeness (QED) is 0.787. The van der Waals surface area contributed by atoms with Gasteiger partial charge in [0.25, 0.3) is 0 Å². The van der Waals surface area contributed by atoms with Crippen LogP contribution in [0.1, 0.15) is 50.1 Å². The number of thiophene rings is 1. The monoisotopic (exact) mass is 303 g/mol. The Balaban J connectivity index is 2.76. The highest BCUT2D eigenvalue weighted by atomic mass is 79.9. The van der Waals surface area contributed by atoms with E-state index < -0.39 is 0 Å². The van der Waals surface area contributed by atoms with Gasteiger partial charge in [0, 0.05) is 10.9 Å². The molecular formula is C13H22BrNS. The second kappa shape index (κ2) is 6.77. The van der Waals surface area contributed by atoms with Gasteiger partial charge in [-0.15, -0.1) is 11.3 Å². The van der Waals surface area contributed by atoms with Crippen LogP contribution in [0.4, 0.5) is 0 Å². The van der Waals surface area contributed by atoms with Crippen LogP contribution in [0.15, 0.2) is 9.85 Å². The summed E-state index contributed by atoms with van der Waals surface area (Å²) >= 11 is 5.48. The van der Waals surface area contributed by atoms with Gasteiger partial charge in [-0.1, -0.05) is 27.2 Å². The number of rotatable bonds is 6. The van der Waals surface area contributed by atoms with Crippen molar-refractivity contribution in [3.63, 3.8) is 0 Å². The van der Waals surface area contributed by atoms with Crippen LogP contribution in [0, 0.1) is 12.8 Å². The molecule has 1 aromatic rings. The third-order valence-electron chi connectivity index (χ3n) is 3.01. The van der Waals surface area contributed by atoms with Gasteiger partial charge in [-0.2, -0.15) is 0 Å². The Morgan fingerprint density at radius 2 is 2.12 bits per heavy atom. The topological polar surface area (TPSA) is 12.0 Å². The van der Waals surface area contributed by atoms with E-state index in [1.807, 2.05) is 11.3 Å². The second-order valence-electron chi connectivity index (χ2n) is 4.46. The number of hydrogen-bond donors (Lipinski definition) is 1. The molecule has 92 valence electrons. The van der Waals surface area contributed by atoms with E-state index in [9.17, 15) is 0 Å². The Hall–Kier alpha value is 0.140. The van der Waals surface area contributed by atoms with E-state index in [1.54, 1.807) is 0 Å². The summed E-state index contributed by atoms with van der Waals surface area (Å²) in [6.07, 6.45) is 2.49. The molecule has 0 amide bonds. The third-order valence-corrected chi connectivity index (χ3v) is 5.26. The normalized spacial score (nSPS) is 15.1. The molecule has 2 unspecified atom stereocenters. The molecule has 0 saturated heterocycles. The molecule has 0 aliphatic heterocycles. The molecule has 16 heavy (non-hydrogen) atoms. The number of nitrogens with one attached hydrogen (secondary N) is 1. The van der Waals surface area contributed by atoms with Crippen LogP contribution >= 0.6 is 27.3 Å². The van der Waals surface area contributed by atoms with E-state index in [0.717, 1.165) is 12.5 Å². The van der Waals surface area contributed by atoms with Crippen molar-refractivity contribution >= 4 is 27.3 Å². The first-order valence-corrected chi connectivity index (χ1v) is 7.68. The lowest BCUT2D eigenvalue weighted by molar-refractivity contribution is 0.412. The maximum Gasteiger partial charge on any atom is 0.0731 e. The van der Waals surface area contributed by atoms with Crippen molar-refractivity contribution in [1.82, 2.24) is 5.32 Å². The van der Waals surface area contributed by atoms with Crippen LogP contribution in [0.25, 0.3) is 0 Å². The molecular weight excluding hydrogens is 282 g/mol. The van der Waals surface area contributed by atoms with E-state index >= 15 is 0 Å². The van der Waals surface area contributed by atoms with Crippen LogP contribution in [0.5, 0.6) is 0 Å². The lowest BCUT2D eigenvalue weighted by Gasteiger charge is -2.19. The van der Waals surface area contributed by atoms with E-state index in [4.69, 9.17) is 0 Å². The first-order chi connectivity index (χ1) is 7.58. The van der Waals surface area contributed by atoms with Crippen molar-refractivity contribution < 1.29 is 0 Å². The van der Waals surface area contributed by atoms with Crippen LogP contribution in [-0.2, 0) is 0 Å². The van der Waals surface area contributed by atoms with Crippen molar-refractivity contribution in [2.24, 2.45) is 5.92 Å². The zero-order valence-corrected chi connectivity index (χ0v) is 13.0. The van der Waals surface area contributed by atoms with Crippen LogP contribution < -0.4 is 5.32 Å². The number of aryl methyl sites for hydroxylation is 1. The highest BCUT2D eigenvalue weighted by Gasteiger charge is 2.16. The summed E-state index contributed by atoms with van der Waals surface area (Å²) in [7, 11) is 0. The minimum absolute atomic E-state index is 0.523. The first-order valence-electron chi connectivity index (χ1n) is 6.07. The summed E-state index contributed by atoms with van der Waals surface area (Å²) in [6.45, 7) is 9.98. The highest BCUT2D eigenvalue weighted by Crippen LogP contribution is 2.34. The predicted molar refractivity (Wildman–Crippen MR) is 77.2 cm³/mol. The molecule has 1 N–H and O–H groups in total. The van der Waals surface area contributed by atoms with Gasteiger partial charge in [-0.25, -0.2) is 0 Å². The fourth-order valence-corrected chi connectivity index (χ4v) is 3.43. The van der Waals surface area contributed by atoms with Gasteiger partial charge in [0.2, 0.25) is 0 Å². The maximum atomic E-state index is 3.61. The van der Waals surface area contributed by atoms with Gasteiger partial charge in [0.05, 0.1) is 3.79 Å². The van der Waals surface area contributed by atoms with Gasteiger partial charge < -0.3 is 5.32 Å². The van der Waals surface area contributed by atoms with Crippen molar-refractivity contribution in [2.75, 3.05) is 6.54 Å². The molecule has 1 rings (SSSR count). The smallest absolute Gasteiger partial charge is 0.0731 e. The molecule has 1 heterocycles. The molecule has 0 aromatic carbocycles. The molecule has 0 aliphatic carbocycles. The zero-order chi connectivity index (χ0) is 12.1. The lowest BCUT2D eigenvalue weighted by Crippen LogP contribution is -2.22. The van der Waals surface area contributed by atoms with Gasteiger partial charge in [0.15, 0.2) is 0 Å². The van der Waals surface area contributed by atoms with Crippen LogP contribution in [0.2, 0.25) is 0 Å². The molecule has 3 heteroatoms. The molecule has 1 nitrogen and oxygen atoms in total. The molecule has 0 bridgehead atoms. The summed E-state index contributed by atoms with van der Waals surface area (Å²) in [5, 5.41) is 3.59. The van der Waals surface area contributed by atoms with Gasteiger partial charge in [0.1, 0.15) is 0 Å². The van der Waals surface area contributed by atoms with Gasteiger partial charge in [-0.05, 0) is 53.4 Å². The Morgan fingerprint density at radius 3 is 2.56 bits per heavy atom. The molecule has 1 aromatic heterocycles. The molecule has 0 aliphatic rings. The Kier molecular flexibility index (Phi) is 6.01. The largest absolute Gasteiger partial charge is 0.310 e. The molecule has 2 atom stereocenters. The zero-order valence-electron chi connectivity index (χ0n) is 10.6. The van der Waals surface area contributed by atoms with E-state index in [-0.39, 0.29) is 0 Å². The average Bonchev–Trinajstić information content (AvgIpc) is 2.58. The lowest BCUT2D eigenvalue weighted by atomic mass is 9.98. The Morgan fingerprint density at radius 1 is 1.44 bits per heavy atom. The van der Waals surface area contributed by atoms with Crippen LogP contribution in [0.3, 0.4) is 0 Å². The van der Waals surface area contributed by atoms with Crippen LogP contribution in [-0.4, -0.2) is 6.54 Å². The second-order valence-corrected chi connectivity index (χ2v) is 6.87. The first kappa shape index (κ1) is 14.2. The fraction of sp³-hybridized carbons (Fsp3) is 0.692. The standard InChI is InChI=1S/C13H22BrNS/c1-5-9(3)7-11(15-6-2)12-8-10(4)13(14)16-12/h8-9,11,15H,5-7H2,1-4H3. The summed E-state index contributed by atoms with van der Waals surface area (Å²) in [4.78, 5) is 1.46. The van der Waals surface area contributed by atoms with E-state index in [0.29, 0.717) is 6.04 Å². The number of hydrogen-bond acceptors (Lipinski definition) is 2.